The van der Waals surface area contributed by atoms with Crippen molar-refractivity contribution in [3.05, 3.63) is 33.4 Å². The van der Waals surface area contributed by atoms with E-state index >= 15 is 0 Å². The third-order valence-electron chi connectivity index (χ3n) is 3.73. The molecule has 1 aromatic carbocycles. The maximum absolute atomic E-state index is 10.8. The van der Waals surface area contributed by atoms with Gasteiger partial charge in [0, 0.05) is 17.1 Å². The molecule has 21 heavy (non-hydrogen) atoms. The molecule has 1 fully saturated rings. The zero-order valence-corrected chi connectivity index (χ0v) is 13.7. The number of halogens is 1. The highest BCUT2D eigenvalue weighted by Crippen LogP contribution is 2.33. The fourth-order valence-corrected chi connectivity index (χ4v) is 3.17. The Morgan fingerprint density at radius 2 is 2.05 bits per heavy atom. The van der Waals surface area contributed by atoms with Crippen LogP contribution in [0.4, 0.5) is 0 Å². The average molecular weight is 410 g/mol. The van der Waals surface area contributed by atoms with E-state index in [9.17, 15) is 20.4 Å². The Balaban J connectivity index is 2.30. The van der Waals surface area contributed by atoms with Gasteiger partial charge in [-0.15, -0.1) is 0 Å². The second kappa shape index (κ2) is 6.86. The van der Waals surface area contributed by atoms with E-state index in [-0.39, 0.29) is 6.42 Å². The van der Waals surface area contributed by atoms with Crippen molar-refractivity contribution in [1.29, 1.82) is 0 Å². The molecular formula is C14H19IO6. The van der Waals surface area contributed by atoms with Gasteiger partial charge in [-0.2, -0.15) is 0 Å². The van der Waals surface area contributed by atoms with E-state index < -0.39 is 36.8 Å². The molecule has 7 heteroatoms. The molecule has 0 bridgehead atoms. The highest BCUT2D eigenvalue weighted by atomic mass is 127. The molecule has 0 aromatic heterocycles. The van der Waals surface area contributed by atoms with E-state index in [1.165, 1.54) is 7.11 Å². The van der Waals surface area contributed by atoms with E-state index in [4.69, 9.17) is 9.47 Å². The van der Waals surface area contributed by atoms with Crippen LogP contribution in [0.2, 0.25) is 0 Å². The molecule has 118 valence electrons. The summed E-state index contributed by atoms with van der Waals surface area (Å²) in [7, 11) is 1.33. The number of aliphatic hydroxyl groups excluding tert-OH is 3. The summed E-state index contributed by atoms with van der Waals surface area (Å²) >= 11 is 2.14. The van der Waals surface area contributed by atoms with Crippen LogP contribution in [-0.2, 0) is 15.9 Å². The Bertz CT molecular complexity index is 466. The fraction of sp³-hybridized carbons (Fsp3) is 0.571. The number of methoxy groups -OCH3 is 1. The van der Waals surface area contributed by atoms with Crippen LogP contribution in [0.15, 0.2) is 24.3 Å². The van der Waals surface area contributed by atoms with Gasteiger partial charge in [0.1, 0.15) is 23.9 Å². The number of aliphatic hydroxyl groups is 4. The van der Waals surface area contributed by atoms with Gasteiger partial charge in [0.25, 0.3) is 0 Å². The second-order valence-electron chi connectivity index (χ2n) is 5.15. The number of rotatable bonds is 4. The van der Waals surface area contributed by atoms with Crippen molar-refractivity contribution in [3.8, 4) is 0 Å². The topological polar surface area (TPSA) is 99.4 Å². The minimum atomic E-state index is -1.86. The molecule has 0 unspecified atom stereocenters. The van der Waals surface area contributed by atoms with Crippen molar-refractivity contribution in [2.45, 2.75) is 36.6 Å². The van der Waals surface area contributed by atoms with E-state index in [0.29, 0.717) is 0 Å². The van der Waals surface area contributed by atoms with Crippen LogP contribution < -0.4 is 0 Å². The quantitative estimate of drug-likeness (QED) is 0.507. The standard InChI is InChI=1S/C14H19IO6/c1-20-13-12(18)14(19,11(17)10(7-16)21-13)6-8-3-2-4-9(15)5-8/h2-5,10-13,16-19H,6-7H2,1H3/t10-,11+,12+,13-,14+/m1/s1. The lowest BCUT2D eigenvalue weighted by Gasteiger charge is -2.47. The maximum atomic E-state index is 10.8. The summed E-state index contributed by atoms with van der Waals surface area (Å²) in [5.74, 6) is 0. The van der Waals surface area contributed by atoms with E-state index in [1.807, 2.05) is 18.2 Å². The molecule has 0 radical (unpaired) electrons. The molecule has 0 spiro atoms. The minimum Gasteiger partial charge on any atom is -0.394 e. The van der Waals surface area contributed by atoms with Gasteiger partial charge in [-0.3, -0.25) is 0 Å². The smallest absolute Gasteiger partial charge is 0.186 e. The molecule has 4 N–H and O–H groups in total. The zero-order chi connectivity index (χ0) is 15.6. The van der Waals surface area contributed by atoms with Gasteiger partial charge in [0.05, 0.1) is 6.61 Å². The molecule has 1 aromatic rings. The van der Waals surface area contributed by atoms with Crippen LogP contribution in [0.3, 0.4) is 0 Å². The molecule has 1 aliphatic heterocycles. The first-order chi connectivity index (χ1) is 9.92. The van der Waals surface area contributed by atoms with Crippen molar-refractivity contribution in [2.24, 2.45) is 0 Å². The lowest BCUT2D eigenvalue weighted by molar-refractivity contribution is -0.327. The predicted molar refractivity (Wildman–Crippen MR) is 82.6 cm³/mol. The van der Waals surface area contributed by atoms with Crippen LogP contribution in [0, 0.1) is 3.57 Å². The summed E-state index contributed by atoms with van der Waals surface area (Å²) in [4.78, 5) is 0. The number of ether oxygens (including phenoxy) is 2. The van der Waals surface area contributed by atoms with Gasteiger partial charge in [-0.25, -0.2) is 0 Å². The third kappa shape index (κ3) is 3.39. The lowest BCUT2D eigenvalue weighted by Crippen LogP contribution is -2.68. The van der Waals surface area contributed by atoms with Gasteiger partial charge in [-0.05, 0) is 40.3 Å². The Hall–Kier alpha value is -0.290. The van der Waals surface area contributed by atoms with Crippen molar-refractivity contribution >= 4 is 22.6 Å². The van der Waals surface area contributed by atoms with Gasteiger partial charge >= 0.3 is 0 Å². The van der Waals surface area contributed by atoms with Crippen molar-refractivity contribution in [3.63, 3.8) is 0 Å². The first-order valence-electron chi connectivity index (χ1n) is 6.54. The Labute approximate surface area is 136 Å². The largest absolute Gasteiger partial charge is 0.394 e. The average Bonchev–Trinajstić information content (AvgIpc) is 2.46. The normalized spacial score (nSPS) is 36.7. The van der Waals surface area contributed by atoms with Crippen LogP contribution in [-0.4, -0.2) is 64.3 Å². The van der Waals surface area contributed by atoms with Crippen LogP contribution in [0.25, 0.3) is 0 Å². The summed E-state index contributed by atoms with van der Waals surface area (Å²) in [5, 5.41) is 40.6. The van der Waals surface area contributed by atoms with E-state index in [1.54, 1.807) is 6.07 Å². The van der Waals surface area contributed by atoms with Crippen LogP contribution >= 0.6 is 22.6 Å². The first kappa shape index (κ1) is 17.1. The van der Waals surface area contributed by atoms with Crippen molar-refractivity contribution < 1.29 is 29.9 Å². The molecule has 2 rings (SSSR count). The van der Waals surface area contributed by atoms with Gasteiger partial charge in [0.2, 0.25) is 0 Å². The molecule has 0 aliphatic carbocycles. The number of hydrogen-bond acceptors (Lipinski definition) is 6. The molecule has 5 atom stereocenters. The van der Waals surface area contributed by atoms with Crippen molar-refractivity contribution in [1.82, 2.24) is 0 Å². The van der Waals surface area contributed by atoms with Crippen LogP contribution in [0.5, 0.6) is 0 Å². The highest BCUT2D eigenvalue weighted by molar-refractivity contribution is 14.1. The summed E-state index contributed by atoms with van der Waals surface area (Å²) in [6.07, 6.45) is -4.98. The molecule has 0 saturated carbocycles. The fourth-order valence-electron chi connectivity index (χ4n) is 2.56. The molecular weight excluding hydrogens is 391 g/mol. The molecule has 1 aliphatic rings. The summed E-state index contributed by atoms with van der Waals surface area (Å²) in [5.41, 5.74) is -1.10. The summed E-state index contributed by atoms with van der Waals surface area (Å²) in [6, 6.07) is 7.38. The molecule has 0 amide bonds. The number of benzene rings is 1. The summed E-state index contributed by atoms with van der Waals surface area (Å²) < 4.78 is 11.2. The zero-order valence-electron chi connectivity index (χ0n) is 11.5. The van der Waals surface area contributed by atoms with Crippen LogP contribution in [0.1, 0.15) is 5.56 Å². The van der Waals surface area contributed by atoms with E-state index in [0.717, 1.165) is 9.13 Å². The lowest BCUT2D eigenvalue weighted by atomic mass is 9.79. The van der Waals surface area contributed by atoms with E-state index in [2.05, 4.69) is 22.6 Å². The van der Waals surface area contributed by atoms with Gasteiger partial charge < -0.3 is 29.9 Å². The van der Waals surface area contributed by atoms with Crippen molar-refractivity contribution in [2.75, 3.05) is 13.7 Å². The molecule has 6 nitrogen and oxygen atoms in total. The maximum Gasteiger partial charge on any atom is 0.186 e. The second-order valence-corrected chi connectivity index (χ2v) is 6.39. The molecule has 1 saturated heterocycles. The highest BCUT2D eigenvalue weighted by Gasteiger charge is 2.55. The van der Waals surface area contributed by atoms with Gasteiger partial charge in [0.15, 0.2) is 6.29 Å². The first-order valence-corrected chi connectivity index (χ1v) is 7.62. The number of hydrogen-bond donors (Lipinski definition) is 4. The Morgan fingerprint density at radius 1 is 1.33 bits per heavy atom. The summed E-state index contributed by atoms with van der Waals surface area (Å²) in [6.45, 7) is -0.484. The third-order valence-corrected chi connectivity index (χ3v) is 4.40. The minimum absolute atomic E-state index is 0.0197. The SMILES string of the molecule is CO[C@@H]1O[C@H](CO)[C@H](O)[C@@](O)(Cc2cccc(I)c2)[C@H]1O. The molecule has 1 heterocycles. The Morgan fingerprint density at radius 3 is 2.62 bits per heavy atom. The Kier molecular flexibility index (Phi) is 5.58. The van der Waals surface area contributed by atoms with Gasteiger partial charge in [-0.1, -0.05) is 12.1 Å². The monoisotopic (exact) mass is 410 g/mol. The predicted octanol–water partition coefficient (Wildman–Crippen LogP) is -0.350.